The van der Waals surface area contributed by atoms with Crippen LogP contribution in [0.15, 0.2) is 24.3 Å². The summed E-state index contributed by atoms with van der Waals surface area (Å²) in [4.78, 5) is 10.6. The van der Waals surface area contributed by atoms with Crippen LogP contribution in [-0.2, 0) is 20.7 Å². The summed E-state index contributed by atoms with van der Waals surface area (Å²) in [6.45, 7) is 6.81. The molecular weight excluding hydrogens is 260 g/mol. The summed E-state index contributed by atoms with van der Waals surface area (Å²) in [6.07, 6.45) is 0.695. The first kappa shape index (κ1) is 14.2. The third-order valence-corrected chi connectivity index (χ3v) is 3.52. The SMILES string of the molecule is C[Si](C)(C)Oc1ccc(CC2OCC(C=O)O2)cc1. The van der Waals surface area contributed by atoms with Crippen LogP contribution < -0.4 is 4.43 Å². The van der Waals surface area contributed by atoms with Crippen LogP contribution in [0.1, 0.15) is 5.56 Å². The second kappa shape index (κ2) is 5.86. The molecule has 1 aromatic rings. The van der Waals surface area contributed by atoms with Crippen molar-refractivity contribution in [2.24, 2.45) is 0 Å². The summed E-state index contributed by atoms with van der Waals surface area (Å²) in [5.41, 5.74) is 1.11. The maximum Gasteiger partial charge on any atom is 0.242 e. The molecule has 0 saturated carbocycles. The highest BCUT2D eigenvalue weighted by Crippen LogP contribution is 2.20. The van der Waals surface area contributed by atoms with Gasteiger partial charge in [0.25, 0.3) is 0 Å². The molecule has 0 aliphatic carbocycles. The van der Waals surface area contributed by atoms with Crippen LogP contribution in [0.4, 0.5) is 0 Å². The van der Waals surface area contributed by atoms with Gasteiger partial charge in [-0.3, -0.25) is 0 Å². The summed E-state index contributed by atoms with van der Waals surface area (Å²) < 4.78 is 16.7. The molecule has 2 rings (SSSR count). The van der Waals surface area contributed by atoms with Crippen molar-refractivity contribution in [3.05, 3.63) is 29.8 Å². The minimum Gasteiger partial charge on any atom is -0.544 e. The molecule has 1 saturated heterocycles. The normalized spacial score (nSPS) is 23.3. The number of carbonyl (C=O) groups excluding carboxylic acids is 1. The van der Waals surface area contributed by atoms with Gasteiger partial charge in [-0.1, -0.05) is 12.1 Å². The number of hydrogen-bond donors (Lipinski definition) is 0. The number of hydrogen-bond acceptors (Lipinski definition) is 4. The van der Waals surface area contributed by atoms with Gasteiger partial charge in [-0.2, -0.15) is 0 Å². The molecule has 0 spiro atoms. The Balaban J connectivity index is 1.90. The lowest BCUT2D eigenvalue weighted by Gasteiger charge is -2.19. The lowest BCUT2D eigenvalue weighted by atomic mass is 10.1. The van der Waals surface area contributed by atoms with Crippen molar-refractivity contribution in [3.8, 4) is 5.75 Å². The van der Waals surface area contributed by atoms with Gasteiger partial charge in [0.15, 0.2) is 12.6 Å². The average molecular weight is 280 g/mol. The molecule has 0 bridgehead atoms. The lowest BCUT2D eigenvalue weighted by molar-refractivity contribution is -0.119. The molecule has 2 atom stereocenters. The molecular formula is C14H20O4Si. The summed E-state index contributed by atoms with van der Waals surface area (Å²) in [6, 6.07) is 7.96. The standard InChI is InChI=1S/C14H20O4Si/c1-19(2,3)18-12-6-4-11(5-7-12)8-14-16-10-13(9-15)17-14/h4-7,9,13-14H,8,10H2,1-3H3. The highest BCUT2D eigenvalue weighted by Gasteiger charge is 2.25. The maximum atomic E-state index is 10.6. The summed E-state index contributed by atoms with van der Waals surface area (Å²) in [5, 5.41) is 0. The molecule has 0 amide bonds. The summed E-state index contributed by atoms with van der Waals surface area (Å²) in [5.74, 6) is 0.905. The molecule has 1 heterocycles. The highest BCUT2D eigenvalue weighted by atomic mass is 28.4. The quantitative estimate of drug-likeness (QED) is 0.613. The topological polar surface area (TPSA) is 44.8 Å². The van der Waals surface area contributed by atoms with Crippen LogP contribution in [0.25, 0.3) is 0 Å². The molecule has 1 aromatic carbocycles. The minimum atomic E-state index is -1.55. The van der Waals surface area contributed by atoms with Gasteiger partial charge in [0.1, 0.15) is 11.9 Å². The van der Waals surface area contributed by atoms with Crippen LogP contribution in [0, 0.1) is 0 Å². The van der Waals surface area contributed by atoms with Crippen LogP contribution in [0.2, 0.25) is 19.6 Å². The second-order valence-electron chi connectivity index (χ2n) is 5.64. The fourth-order valence-corrected chi connectivity index (χ4v) is 2.74. The van der Waals surface area contributed by atoms with Crippen molar-refractivity contribution in [1.29, 1.82) is 0 Å². The molecule has 1 aliphatic rings. The number of rotatable bonds is 5. The van der Waals surface area contributed by atoms with E-state index in [0.29, 0.717) is 13.0 Å². The van der Waals surface area contributed by atoms with E-state index in [1.54, 1.807) is 0 Å². The number of ether oxygens (including phenoxy) is 2. The molecule has 104 valence electrons. The van der Waals surface area contributed by atoms with E-state index < -0.39 is 14.4 Å². The van der Waals surface area contributed by atoms with E-state index in [-0.39, 0.29) is 6.29 Å². The largest absolute Gasteiger partial charge is 0.544 e. The van der Waals surface area contributed by atoms with Gasteiger partial charge in [-0.15, -0.1) is 0 Å². The number of benzene rings is 1. The first-order chi connectivity index (χ1) is 8.96. The van der Waals surface area contributed by atoms with Gasteiger partial charge >= 0.3 is 0 Å². The molecule has 0 aromatic heterocycles. The van der Waals surface area contributed by atoms with Crippen molar-refractivity contribution in [2.75, 3.05) is 6.61 Å². The fourth-order valence-electron chi connectivity index (χ4n) is 1.89. The number of carbonyl (C=O) groups is 1. The molecule has 4 nitrogen and oxygen atoms in total. The van der Waals surface area contributed by atoms with Gasteiger partial charge < -0.3 is 18.7 Å². The van der Waals surface area contributed by atoms with E-state index in [4.69, 9.17) is 13.9 Å². The van der Waals surface area contributed by atoms with E-state index in [0.717, 1.165) is 17.6 Å². The van der Waals surface area contributed by atoms with Crippen molar-refractivity contribution in [3.63, 3.8) is 0 Å². The minimum absolute atomic E-state index is 0.320. The molecule has 5 heteroatoms. The van der Waals surface area contributed by atoms with Crippen molar-refractivity contribution >= 4 is 14.6 Å². The smallest absolute Gasteiger partial charge is 0.242 e. The van der Waals surface area contributed by atoms with E-state index >= 15 is 0 Å². The van der Waals surface area contributed by atoms with Crippen LogP contribution in [0.5, 0.6) is 5.75 Å². The van der Waals surface area contributed by atoms with Crippen molar-refractivity contribution in [1.82, 2.24) is 0 Å². The summed E-state index contributed by atoms with van der Waals surface area (Å²) in [7, 11) is -1.55. The molecule has 2 unspecified atom stereocenters. The molecule has 1 aliphatic heterocycles. The van der Waals surface area contributed by atoms with E-state index in [2.05, 4.69) is 19.6 Å². The molecule has 1 fully saturated rings. The Morgan fingerprint density at radius 2 is 2.00 bits per heavy atom. The van der Waals surface area contributed by atoms with E-state index in [9.17, 15) is 4.79 Å². The average Bonchev–Trinajstić information content (AvgIpc) is 2.77. The van der Waals surface area contributed by atoms with Crippen molar-refractivity contribution in [2.45, 2.75) is 38.5 Å². The van der Waals surface area contributed by atoms with Gasteiger partial charge in [-0.05, 0) is 37.3 Å². The highest BCUT2D eigenvalue weighted by molar-refractivity contribution is 6.70. The Hall–Kier alpha value is -1.17. The van der Waals surface area contributed by atoms with Crippen molar-refractivity contribution < 1.29 is 18.7 Å². The third kappa shape index (κ3) is 4.45. The third-order valence-electron chi connectivity index (χ3n) is 2.67. The maximum absolute atomic E-state index is 10.6. The first-order valence-electron chi connectivity index (χ1n) is 6.46. The van der Waals surface area contributed by atoms with Gasteiger partial charge in [0.05, 0.1) is 6.61 Å². The van der Waals surface area contributed by atoms with Gasteiger partial charge in [0, 0.05) is 6.42 Å². The molecule has 0 N–H and O–H groups in total. The van der Waals surface area contributed by atoms with E-state index in [1.807, 2.05) is 24.3 Å². The number of aldehydes is 1. The Bertz CT molecular complexity index is 424. The first-order valence-corrected chi connectivity index (χ1v) is 9.87. The monoisotopic (exact) mass is 280 g/mol. The Morgan fingerprint density at radius 3 is 2.53 bits per heavy atom. The second-order valence-corrected chi connectivity index (χ2v) is 10.1. The zero-order valence-corrected chi connectivity index (χ0v) is 12.6. The van der Waals surface area contributed by atoms with E-state index in [1.165, 1.54) is 0 Å². The zero-order chi connectivity index (χ0) is 13.9. The van der Waals surface area contributed by atoms with Crippen LogP contribution in [0.3, 0.4) is 0 Å². The van der Waals surface area contributed by atoms with Gasteiger partial charge in [0.2, 0.25) is 8.32 Å². The molecule has 0 radical (unpaired) electrons. The Morgan fingerprint density at radius 1 is 1.32 bits per heavy atom. The predicted molar refractivity (Wildman–Crippen MR) is 74.8 cm³/mol. The van der Waals surface area contributed by atoms with Gasteiger partial charge in [-0.25, -0.2) is 0 Å². The Labute approximate surface area is 114 Å². The fraction of sp³-hybridized carbons (Fsp3) is 0.500. The predicted octanol–water partition coefficient (Wildman–Crippen LogP) is 2.38. The van der Waals surface area contributed by atoms with Crippen LogP contribution >= 0.6 is 0 Å². The summed E-state index contributed by atoms with van der Waals surface area (Å²) >= 11 is 0. The molecule has 19 heavy (non-hydrogen) atoms. The zero-order valence-electron chi connectivity index (χ0n) is 11.6. The lowest BCUT2D eigenvalue weighted by Crippen LogP contribution is -2.29. The van der Waals surface area contributed by atoms with Crippen LogP contribution in [-0.4, -0.2) is 33.6 Å². The Kier molecular flexibility index (Phi) is 4.39.